The molecule has 0 unspecified atom stereocenters. The number of aromatic hydroxyl groups is 1. The van der Waals surface area contributed by atoms with Gasteiger partial charge in [-0.3, -0.25) is 4.79 Å². The molecule has 1 amide bonds. The van der Waals surface area contributed by atoms with Crippen molar-refractivity contribution in [3.8, 4) is 5.75 Å². The summed E-state index contributed by atoms with van der Waals surface area (Å²) >= 11 is 0. The van der Waals surface area contributed by atoms with Gasteiger partial charge in [-0.1, -0.05) is 6.07 Å². The molecule has 0 heterocycles. The molecule has 110 valence electrons. The first-order valence-electron chi connectivity index (χ1n) is 6.49. The van der Waals surface area contributed by atoms with Crippen LogP contribution < -0.4 is 11.1 Å². The van der Waals surface area contributed by atoms with Crippen LogP contribution in [0.15, 0.2) is 36.4 Å². The van der Waals surface area contributed by atoms with E-state index in [1.165, 1.54) is 0 Å². The molecule has 0 bridgehead atoms. The molecule has 21 heavy (non-hydrogen) atoms. The van der Waals surface area contributed by atoms with Gasteiger partial charge in [0, 0.05) is 23.9 Å². The molecule has 2 aromatic rings. The molecule has 0 fully saturated rings. The molecule has 5 heteroatoms. The number of nitrogens with one attached hydrogen (secondary N) is 1. The third kappa shape index (κ3) is 3.52. The normalized spacial score (nSPS) is 10.4. The van der Waals surface area contributed by atoms with E-state index in [0.29, 0.717) is 23.5 Å². The highest BCUT2D eigenvalue weighted by molar-refractivity contribution is 6.05. The highest BCUT2D eigenvalue weighted by Gasteiger charge is 2.11. The molecule has 0 aliphatic carbocycles. The molecule has 4 N–H and O–H groups in total. The molecule has 5 nitrogen and oxygen atoms in total. The van der Waals surface area contributed by atoms with Gasteiger partial charge < -0.3 is 20.9 Å². The third-order valence-corrected chi connectivity index (χ3v) is 3.11. The molecule has 2 rings (SSSR count). The zero-order chi connectivity index (χ0) is 15.4. The minimum Gasteiger partial charge on any atom is -0.506 e. The van der Waals surface area contributed by atoms with E-state index >= 15 is 0 Å². The molecule has 0 aliphatic heterocycles. The molecule has 0 aromatic heterocycles. The van der Waals surface area contributed by atoms with Crippen LogP contribution in [0.25, 0.3) is 0 Å². The number of anilines is 2. The van der Waals surface area contributed by atoms with Crippen LogP contribution in [0, 0.1) is 6.92 Å². The smallest absolute Gasteiger partial charge is 0.255 e. The Hall–Kier alpha value is -2.53. The second-order valence-corrected chi connectivity index (χ2v) is 4.82. The maximum atomic E-state index is 12.2. The maximum Gasteiger partial charge on any atom is 0.255 e. The number of hydrogen-bond donors (Lipinski definition) is 3. The summed E-state index contributed by atoms with van der Waals surface area (Å²) in [7, 11) is 1.57. The number of aryl methyl sites for hydroxylation is 1. The largest absolute Gasteiger partial charge is 0.506 e. The van der Waals surface area contributed by atoms with Gasteiger partial charge in [-0.2, -0.15) is 0 Å². The Balaban J connectivity index is 2.22. The number of benzene rings is 2. The summed E-state index contributed by atoms with van der Waals surface area (Å²) in [5.74, 6) is -0.276. The number of phenolic OH excluding ortho intramolecular Hbond substituents is 1. The second kappa shape index (κ2) is 6.28. The average Bonchev–Trinajstić information content (AvgIpc) is 2.44. The van der Waals surface area contributed by atoms with Crippen molar-refractivity contribution in [1.82, 2.24) is 0 Å². The fourth-order valence-corrected chi connectivity index (χ4v) is 1.97. The number of nitrogen functional groups attached to an aromatic ring is 1. The predicted octanol–water partition coefficient (Wildman–Crippen LogP) is 2.68. The SMILES string of the molecule is COCc1cc(C(=O)Nc2ccc(C)cc2O)ccc1N. The number of phenols is 1. The Morgan fingerprint density at radius 2 is 2.05 bits per heavy atom. The van der Waals surface area contributed by atoms with Crippen LogP contribution in [-0.2, 0) is 11.3 Å². The highest BCUT2D eigenvalue weighted by Crippen LogP contribution is 2.25. The van der Waals surface area contributed by atoms with Crippen molar-refractivity contribution in [2.45, 2.75) is 13.5 Å². The first-order valence-corrected chi connectivity index (χ1v) is 6.49. The molecule has 0 saturated heterocycles. The van der Waals surface area contributed by atoms with Crippen LogP contribution in [0.3, 0.4) is 0 Å². The van der Waals surface area contributed by atoms with E-state index in [1.54, 1.807) is 37.4 Å². The van der Waals surface area contributed by atoms with Gasteiger partial charge in [0.05, 0.1) is 12.3 Å². The lowest BCUT2D eigenvalue weighted by Crippen LogP contribution is -2.13. The number of hydrogen-bond acceptors (Lipinski definition) is 4. The van der Waals surface area contributed by atoms with Crippen molar-refractivity contribution in [3.63, 3.8) is 0 Å². The Bertz CT molecular complexity index is 669. The molecular formula is C16H18N2O3. The summed E-state index contributed by atoms with van der Waals surface area (Å²) < 4.78 is 5.04. The summed E-state index contributed by atoms with van der Waals surface area (Å²) in [4.78, 5) is 12.2. The summed E-state index contributed by atoms with van der Waals surface area (Å²) in [6, 6.07) is 10.0. The van der Waals surface area contributed by atoms with Crippen LogP contribution in [0.2, 0.25) is 0 Å². The Morgan fingerprint density at radius 3 is 2.71 bits per heavy atom. The van der Waals surface area contributed by atoms with E-state index in [-0.39, 0.29) is 11.7 Å². The lowest BCUT2D eigenvalue weighted by molar-refractivity contribution is 0.102. The minimum atomic E-state index is -0.313. The fourth-order valence-electron chi connectivity index (χ4n) is 1.97. The molecule has 0 saturated carbocycles. The fraction of sp³-hybridized carbons (Fsp3) is 0.188. The predicted molar refractivity (Wildman–Crippen MR) is 82.4 cm³/mol. The summed E-state index contributed by atoms with van der Waals surface area (Å²) in [6.07, 6.45) is 0. The van der Waals surface area contributed by atoms with Crippen LogP contribution in [0.5, 0.6) is 5.75 Å². The first-order chi connectivity index (χ1) is 10.0. The molecule has 0 aliphatic rings. The Kier molecular flexibility index (Phi) is 4.45. The summed E-state index contributed by atoms with van der Waals surface area (Å²) in [6.45, 7) is 2.20. The molecular weight excluding hydrogens is 268 g/mol. The van der Waals surface area contributed by atoms with Gasteiger partial charge in [0.1, 0.15) is 5.75 Å². The number of ether oxygens (including phenoxy) is 1. The van der Waals surface area contributed by atoms with Crippen LogP contribution >= 0.6 is 0 Å². The van der Waals surface area contributed by atoms with E-state index < -0.39 is 0 Å². The number of methoxy groups -OCH3 is 1. The van der Waals surface area contributed by atoms with Gasteiger partial charge in [0.25, 0.3) is 5.91 Å². The molecule has 0 radical (unpaired) electrons. The van der Waals surface area contributed by atoms with Crippen molar-refractivity contribution in [2.75, 3.05) is 18.2 Å². The Morgan fingerprint density at radius 1 is 1.29 bits per heavy atom. The first kappa shape index (κ1) is 14.9. The number of amides is 1. The van der Waals surface area contributed by atoms with Crippen molar-refractivity contribution < 1.29 is 14.6 Å². The lowest BCUT2D eigenvalue weighted by Gasteiger charge is -2.10. The van der Waals surface area contributed by atoms with Crippen LogP contribution in [0.1, 0.15) is 21.5 Å². The summed E-state index contributed by atoms with van der Waals surface area (Å²) in [5, 5.41) is 12.5. The van der Waals surface area contributed by atoms with Gasteiger partial charge in [-0.25, -0.2) is 0 Å². The van der Waals surface area contributed by atoms with Crippen molar-refractivity contribution >= 4 is 17.3 Å². The highest BCUT2D eigenvalue weighted by atomic mass is 16.5. The van der Waals surface area contributed by atoms with E-state index in [2.05, 4.69) is 5.32 Å². The summed E-state index contributed by atoms with van der Waals surface area (Å²) in [5.41, 5.74) is 8.88. The average molecular weight is 286 g/mol. The van der Waals surface area contributed by atoms with E-state index in [0.717, 1.165) is 11.1 Å². The van der Waals surface area contributed by atoms with Gasteiger partial charge in [-0.15, -0.1) is 0 Å². The van der Waals surface area contributed by atoms with Crippen molar-refractivity contribution in [1.29, 1.82) is 0 Å². The van der Waals surface area contributed by atoms with Crippen molar-refractivity contribution in [3.05, 3.63) is 53.1 Å². The molecule has 0 atom stereocenters. The zero-order valence-corrected chi connectivity index (χ0v) is 12.0. The van der Waals surface area contributed by atoms with E-state index in [9.17, 15) is 9.90 Å². The maximum absolute atomic E-state index is 12.2. The zero-order valence-electron chi connectivity index (χ0n) is 12.0. The monoisotopic (exact) mass is 286 g/mol. The minimum absolute atomic E-state index is 0.0379. The standard InChI is InChI=1S/C16H18N2O3/c1-10-3-6-14(15(19)7-10)18-16(20)11-4-5-13(17)12(8-11)9-21-2/h3-8,19H,9,17H2,1-2H3,(H,18,20). The Labute approximate surface area is 123 Å². The van der Waals surface area contributed by atoms with E-state index in [4.69, 9.17) is 10.5 Å². The van der Waals surface area contributed by atoms with Crippen LogP contribution in [0.4, 0.5) is 11.4 Å². The molecule has 0 spiro atoms. The quantitative estimate of drug-likeness (QED) is 0.596. The topological polar surface area (TPSA) is 84.6 Å². The van der Waals surface area contributed by atoms with Gasteiger partial charge in [-0.05, 0) is 42.8 Å². The van der Waals surface area contributed by atoms with Crippen molar-refractivity contribution in [2.24, 2.45) is 0 Å². The number of carbonyl (C=O) groups is 1. The lowest BCUT2D eigenvalue weighted by atomic mass is 10.1. The second-order valence-electron chi connectivity index (χ2n) is 4.82. The number of carbonyl (C=O) groups excluding carboxylic acids is 1. The third-order valence-electron chi connectivity index (χ3n) is 3.11. The number of nitrogens with two attached hydrogens (primary N) is 1. The van der Waals surface area contributed by atoms with E-state index in [1.807, 2.05) is 13.0 Å². The van der Waals surface area contributed by atoms with Gasteiger partial charge >= 0.3 is 0 Å². The molecule has 2 aromatic carbocycles. The number of rotatable bonds is 4. The van der Waals surface area contributed by atoms with Gasteiger partial charge in [0.2, 0.25) is 0 Å². The van der Waals surface area contributed by atoms with Gasteiger partial charge in [0.15, 0.2) is 0 Å². The van der Waals surface area contributed by atoms with Crippen LogP contribution in [-0.4, -0.2) is 18.1 Å².